The minimum Gasteiger partial charge on any atom is -0.390 e. The first kappa shape index (κ1) is 19.6. The second-order valence-electron chi connectivity index (χ2n) is 10.3. The van der Waals surface area contributed by atoms with Gasteiger partial charge in [-0.25, -0.2) is 4.39 Å². The van der Waals surface area contributed by atoms with Gasteiger partial charge in [0.25, 0.3) is 0 Å². The number of fused-ring (bicyclic) bond motifs is 7. The zero-order valence-electron chi connectivity index (χ0n) is 17.5. The van der Waals surface area contributed by atoms with E-state index in [1.807, 2.05) is 6.92 Å². The van der Waals surface area contributed by atoms with Crippen molar-refractivity contribution in [3.05, 3.63) is 23.8 Å². The smallest absolute Gasteiger partial charge is 0.316 e. The molecule has 0 bridgehead atoms. The first-order chi connectivity index (χ1) is 14.2. The summed E-state index contributed by atoms with van der Waals surface area (Å²) in [5.41, 5.74) is -3.44. The molecular formula is C23H29FO6. The van der Waals surface area contributed by atoms with Crippen molar-refractivity contribution in [2.24, 2.45) is 22.7 Å². The Morgan fingerprint density at radius 3 is 2.63 bits per heavy atom. The Labute approximate surface area is 175 Å². The summed E-state index contributed by atoms with van der Waals surface area (Å²) in [5.74, 6) is -1.74. The molecule has 0 aromatic rings. The maximum absolute atomic E-state index is 17.1. The van der Waals surface area contributed by atoms with Gasteiger partial charge >= 0.3 is 5.97 Å². The number of alkyl halides is 1. The highest BCUT2D eigenvalue weighted by atomic mass is 19.1. The van der Waals surface area contributed by atoms with Crippen LogP contribution in [0.2, 0.25) is 0 Å². The van der Waals surface area contributed by atoms with Crippen LogP contribution in [-0.4, -0.2) is 54.2 Å². The lowest BCUT2D eigenvalue weighted by Crippen LogP contribution is -2.70. The molecule has 0 aromatic carbocycles. The first-order valence-electron chi connectivity index (χ1n) is 11.1. The van der Waals surface area contributed by atoms with Crippen molar-refractivity contribution < 1.29 is 33.2 Å². The molecular weight excluding hydrogens is 391 g/mol. The van der Waals surface area contributed by atoms with E-state index in [1.54, 1.807) is 12.2 Å². The Kier molecular flexibility index (Phi) is 3.79. The number of aliphatic hydroxyl groups is 1. The minimum atomic E-state index is -1.84. The quantitative estimate of drug-likeness (QED) is 0.650. The number of halogens is 1. The van der Waals surface area contributed by atoms with Crippen LogP contribution in [0.25, 0.3) is 0 Å². The number of hydrogen-bond acceptors (Lipinski definition) is 6. The van der Waals surface area contributed by atoms with E-state index >= 15 is 4.39 Å². The molecule has 5 fully saturated rings. The van der Waals surface area contributed by atoms with E-state index in [4.69, 9.17) is 18.9 Å². The lowest BCUT2D eigenvalue weighted by atomic mass is 9.44. The summed E-state index contributed by atoms with van der Waals surface area (Å²) in [6.45, 7) is 4.85. The van der Waals surface area contributed by atoms with Crippen molar-refractivity contribution in [3.8, 4) is 0 Å². The number of ether oxygens (including phenoxy) is 4. The van der Waals surface area contributed by atoms with E-state index in [2.05, 4.69) is 6.92 Å². The van der Waals surface area contributed by atoms with Gasteiger partial charge in [-0.05, 0) is 57.1 Å². The molecule has 30 heavy (non-hydrogen) atoms. The Balaban J connectivity index is 1.45. The summed E-state index contributed by atoms with van der Waals surface area (Å²) in [6.07, 6.45) is 6.39. The van der Waals surface area contributed by atoms with Gasteiger partial charge in [0, 0.05) is 16.7 Å². The monoisotopic (exact) mass is 420 g/mol. The van der Waals surface area contributed by atoms with Gasteiger partial charge in [-0.2, -0.15) is 0 Å². The highest BCUT2D eigenvalue weighted by Gasteiger charge is 2.80. The Morgan fingerprint density at radius 1 is 1.10 bits per heavy atom. The summed E-state index contributed by atoms with van der Waals surface area (Å²) in [5, 5.41) is 11.4. The van der Waals surface area contributed by atoms with Crippen LogP contribution in [-0.2, 0) is 23.7 Å². The third kappa shape index (κ3) is 1.92. The van der Waals surface area contributed by atoms with Crippen LogP contribution >= 0.6 is 0 Å². The standard InChI is InChI=1S/C23H29FO6/c1-19-7-5-15(25)11-14(19)3-4-17-16-6-8-21(20(16,2)12-18(26)22(17,19)24)23(30-13-29-21)27-9-10-28-23/h5,7,11,16-18,26H,3-4,6,8-10,12-13H2,1-2H3/t16-,17+,18+,19+,20+,21?,22-/m1/s1. The average Bonchev–Trinajstić information content (AvgIpc) is 3.40. The largest absolute Gasteiger partial charge is 0.390 e. The van der Waals surface area contributed by atoms with Crippen molar-refractivity contribution in [2.75, 3.05) is 20.0 Å². The van der Waals surface area contributed by atoms with Crippen molar-refractivity contribution in [3.63, 3.8) is 0 Å². The van der Waals surface area contributed by atoms with Crippen LogP contribution in [0.5, 0.6) is 0 Å². The second-order valence-corrected chi connectivity index (χ2v) is 10.3. The third-order valence-electron chi connectivity index (χ3n) is 9.48. The topological polar surface area (TPSA) is 74.2 Å². The molecule has 2 spiro atoms. The molecule has 164 valence electrons. The van der Waals surface area contributed by atoms with Crippen molar-refractivity contribution in [1.29, 1.82) is 0 Å². The summed E-state index contributed by atoms with van der Waals surface area (Å²) in [4.78, 5) is 11.9. The van der Waals surface area contributed by atoms with E-state index in [9.17, 15) is 9.90 Å². The zero-order chi connectivity index (χ0) is 21.0. The Bertz CT molecular complexity index is 858. The highest BCUT2D eigenvalue weighted by molar-refractivity contribution is 6.01. The van der Waals surface area contributed by atoms with Crippen LogP contribution in [0.4, 0.5) is 4.39 Å². The van der Waals surface area contributed by atoms with Crippen LogP contribution in [0, 0.1) is 22.7 Å². The Morgan fingerprint density at radius 2 is 1.87 bits per heavy atom. The van der Waals surface area contributed by atoms with Gasteiger partial charge in [0.2, 0.25) is 0 Å². The molecule has 1 unspecified atom stereocenters. The van der Waals surface area contributed by atoms with Crippen LogP contribution in [0.15, 0.2) is 23.8 Å². The normalized spacial score (nSPS) is 53.7. The van der Waals surface area contributed by atoms with Gasteiger partial charge in [-0.15, -0.1) is 0 Å². The number of carbonyl (C=O) groups excluding carboxylic acids is 1. The molecule has 0 amide bonds. The molecule has 3 saturated carbocycles. The summed E-state index contributed by atoms with van der Waals surface area (Å²) < 4.78 is 41.2. The third-order valence-corrected chi connectivity index (χ3v) is 9.48. The van der Waals surface area contributed by atoms with E-state index in [-0.39, 0.29) is 30.8 Å². The van der Waals surface area contributed by atoms with Gasteiger partial charge < -0.3 is 19.3 Å². The highest BCUT2D eigenvalue weighted by Crippen LogP contribution is 2.73. The molecule has 2 heterocycles. The Hall–Kier alpha value is -1.12. The number of carbonyl (C=O) groups is 1. The lowest BCUT2D eigenvalue weighted by molar-refractivity contribution is -0.364. The molecule has 0 aromatic heterocycles. The molecule has 7 heteroatoms. The number of rotatable bonds is 0. The first-order valence-corrected chi connectivity index (χ1v) is 11.1. The van der Waals surface area contributed by atoms with Crippen molar-refractivity contribution in [1.82, 2.24) is 0 Å². The van der Waals surface area contributed by atoms with Gasteiger partial charge in [0.05, 0.1) is 19.3 Å². The second kappa shape index (κ2) is 5.81. The van der Waals surface area contributed by atoms with E-state index in [0.717, 1.165) is 12.0 Å². The zero-order valence-corrected chi connectivity index (χ0v) is 17.5. The van der Waals surface area contributed by atoms with Gasteiger partial charge in [-0.1, -0.05) is 18.6 Å². The fourth-order valence-electron chi connectivity index (χ4n) is 8.06. The van der Waals surface area contributed by atoms with Crippen molar-refractivity contribution in [2.45, 2.75) is 69.3 Å². The predicted octanol–water partition coefficient (Wildman–Crippen LogP) is 2.80. The fourth-order valence-corrected chi connectivity index (χ4v) is 8.06. The summed E-state index contributed by atoms with van der Waals surface area (Å²) in [7, 11) is 0. The molecule has 2 aliphatic heterocycles. The van der Waals surface area contributed by atoms with E-state index < -0.39 is 34.2 Å². The number of allylic oxidation sites excluding steroid dienone is 4. The van der Waals surface area contributed by atoms with Crippen LogP contribution in [0.3, 0.4) is 0 Å². The molecule has 4 aliphatic carbocycles. The predicted molar refractivity (Wildman–Crippen MR) is 103 cm³/mol. The summed E-state index contributed by atoms with van der Waals surface area (Å²) >= 11 is 0. The molecule has 6 aliphatic rings. The fraction of sp³-hybridized carbons (Fsp3) is 0.783. The summed E-state index contributed by atoms with van der Waals surface area (Å²) in [6, 6.07) is 0. The van der Waals surface area contributed by atoms with E-state index in [1.165, 1.54) is 6.08 Å². The molecule has 6 rings (SSSR count). The van der Waals surface area contributed by atoms with Gasteiger partial charge in [-0.3, -0.25) is 9.53 Å². The SMILES string of the molecule is C[C@]12C[C@H](O)[C@]3(F)[C@@H](CCC4=CC(=O)C=C[C@@]43C)[C@H]1CCC21OCOC12OCCO2. The van der Waals surface area contributed by atoms with Gasteiger partial charge in [0.15, 0.2) is 23.8 Å². The van der Waals surface area contributed by atoms with Crippen molar-refractivity contribution >= 4 is 5.78 Å². The maximum atomic E-state index is 17.1. The minimum absolute atomic E-state index is 0.0123. The molecule has 6 nitrogen and oxygen atoms in total. The van der Waals surface area contributed by atoms with E-state index in [0.29, 0.717) is 32.5 Å². The number of aliphatic hydroxyl groups excluding tert-OH is 1. The van der Waals surface area contributed by atoms with Crippen LogP contribution in [0.1, 0.15) is 46.0 Å². The lowest BCUT2D eigenvalue weighted by Gasteiger charge is -2.63. The number of hydrogen-bond donors (Lipinski definition) is 1. The van der Waals surface area contributed by atoms with Gasteiger partial charge in [0.1, 0.15) is 0 Å². The average molecular weight is 420 g/mol. The molecule has 0 radical (unpaired) electrons. The molecule has 7 atom stereocenters. The van der Waals surface area contributed by atoms with Crippen LogP contribution < -0.4 is 0 Å². The number of ketones is 1. The molecule has 2 saturated heterocycles. The molecule has 1 N–H and O–H groups in total. The maximum Gasteiger partial charge on any atom is 0.316 e.